The number of carboxylic acid groups (broad SMARTS) is 1. The fourth-order valence-electron chi connectivity index (χ4n) is 2.51. The van der Waals surface area contributed by atoms with Gasteiger partial charge >= 0.3 is 12.1 Å². The fraction of sp³-hybridized carbons (Fsp3) is 0.438. The zero-order valence-electron chi connectivity index (χ0n) is 12.7. The first-order valence-corrected chi connectivity index (χ1v) is 7.55. The Bertz CT molecular complexity index is 561. The molecule has 7 nitrogen and oxygen atoms in total. The Hall–Kier alpha value is -2.57. The maximum absolute atomic E-state index is 12.1. The van der Waals surface area contributed by atoms with Gasteiger partial charge < -0.3 is 20.1 Å². The highest BCUT2D eigenvalue weighted by Gasteiger charge is 2.31. The zero-order valence-corrected chi connectivity index (χ0v) is 12.7. The first-order valence-electron chi connectivity index (χ1n) is 7.55. The first kappa shape index (κ1) is 16.8. The van der Waals surface area contributed by atoms with Crippen LogP contribution in [0.5, 0.6) is 0 Å². The maximum Gasteiger partial charge on any atom is 0.407 e. The van der Waals surface area contributed by atoms with Crippen molar-refractivity contribution in [1.82, 2.24) is 10.2 Å². The van der Waals surface area contributed by atoms with E-state index in [9.17, 15) is 14.4 Å². The second-order valence-corrected chi connectivity index (χ2v) is 5.35. The predicted molar refractivity (Wildman–Crippen MR) is 81.6 cm³/mol. The van der Waals surface area contributed by atoms with Crippen LogP contribution in [-0.4, -0.2) is 47.1 Å². The van der Waals surface area contributed by atoms with Crippen LogP contribution in [0.4, 0.5) is 4.79 Å². The van der Waals surface area contributed by atoms with E-state index in [1.165, 1.54) is 4.90 Å². The number of rotatable bonds is 5. The summed E-state index contributed by atoms with van der Waals surface area (Å²) in [6.45, 7) is 0.246. The molecule has 0 aromatic heterocycles. The molecule has 1 saturated heterocycles. The van der Waals surface area contributed by atoms with Crippen molar-refractivity contribution in [3.05, 3.63) is 35.9 Å². The van der Waals surface area contributed by atoms with Gasteiger partial charge in [0.1, 0.15) is 19.2 Å². The highest BCUT2D eigenvalue weighted by atomic mass is 16.5. The van der Waals surface area contributed by atoms with Crippen LogP contribution in [0.15, 0.2) is 30.3 Å². The number of alkyl carbamates (subject to hydrolysis) is 1. The molecule has 1 fully saturated rings. The summed E-state index contributed by atoms with van der Waals surface area (Å²) in [5.41, 5.74) is 0.843. The Labute approximate surface area is 134 Å². The Balaban J connectivity index is 1.76. The minimum atomic E-state index is -1.01. The summed E-state index contributed by atoms with van der Waals surface area (Å²) in [6, 6.07) is 8.37. The van der Waals surface area contributed by atoms with E-state index in [0.717, 1.165) is 18.4 Å². The van der Waals surface area contributed by atoms with Crippen molar-refractivity contribution >= 4 is 18.0 Å². The number of nitrogens with zero attached hydrogens (tertiary/aromatic N) is 1. The van der Waals surface area contributed by atoms with Gasteiger partial charge in [0.05, 0.1) is 0 Å². The van der Waals surface area contributed by atoms with Crippen LogP contribution in [0.1, 0.15) is 24.8 Å². The summed E-state index contributed by atoms with van der Waals surface area (Å²) >= 11 is 0. The van der Waals surface area contributed by atoms with E-state index in [-0.39, 0.29) is 13.2 Å². The van der Waals surface area contributed by atoms with Crippen molar-refractivity contribution in [2.24, 2.45) is 0 Å². The molecule has 124 valence electrons. The summed E-state index contributed by atoms with van der Waals surface area (Å²) in [5, 5.41) is 11.5. The number of likely N-dealkylation sites (tertiary alicyclic amines) is 1. The number of hydrogen-bond donors (Lipinski definition) is 2. The van der Waals surface area contributed by atoms with Gasteiger partial charge in [-0.25, -0.2) is 9.59 Å². The number of nitrogens with one attached hydrogen (secondary N) is 1. The number of carbonyl (C=O) groups excluding carboxylic acids is 2. The lowest BCUT2D eigenvalue weighted by molar-refractivity contribution is -0.151. The first-order chi connectivity index (χ1) is 11.1. The Morgan fingerprint density at radius 3 is 2.65 bits per heavy atom. The molecule has 1 unspecified atom stereocenters. The predicted octanol–water partition coefficient (Wildman–Crippen LogP) is 1.38. The van der Waals surface area contributed by atoms with Gasteiger partial charge in [0, 0.05) is 6.54 Å². The minimum Gasteiger partial charge on any atom is -0.480 e. The summed E-state index contributed by atoms with van der Waals surface area (Å²) < 4.78 is 5.00. The lowest BCUT2D eigenvalue weighted by Crippen LogP contribution is -2.51. The Morgan fingerprint density at radius 2 is 1.96 bits per heavy atom. The number of ether oxygens (including phenoxy) is 1. The lowest BCUT2D eigenvalue weighted by Gasteiger charge is -2.32. The normalized spacial score (nSPS) is 17.4. The Kier molecular flexibility index (Phi) is 5.96. The third-order valence-corrected chi connectivity index (χ3v) is 3.70. The summed E-state index contributed by atoms with van der Waals surface area (Å²) in [4.78, 5) is 36.2. The van der Waals surface area contributed by atoms with Crippen LogP contribution >= 0.6 is 0 Å². The van der Waals surface area contributed by atoms with Crippen molar-refractivity contribution in [1.29, 1.82) is 0 Å². The van der Waals surface area contributed by atoms with Gasteiger partial charge in [-0.2, -0.15) is 0 Å². The highest BCUT2D eigenvalue weighted by Crippen LogP contribution is 2.17. The molecule has 23 heavy (non-hydrogen) atoms. The molecule has 0 radical (unpaired) electrons. The summed E-state index contributed by atoms with van der Waals surface area (Å²) in [5.74, 6) is -1.42. The Morgan fingerprint density at radius 1 is 1.22 bits per heavy atom. The van der Waals surface area contributed by atoms with Crippen LogP contribution in [0.2, 0.25) is 0 Å². The SMILES string of the molecule is O=C(NCC(=O)N1CCCCC1C(=O)O)OCc1ccccc1. The molecule has 0 saturated carbocycles. The van der Waals surface area contributed by atoms with Crippen LogP contribution in [0.3, 0.4) is 0 Å². The van der Waals surface area contributed by atoms with Gasteiger partial charge in [0.25, 0.3) is 0 Å². The largest absolute Gasteiger partial charge is 0.480 e. The second-order valence-electron chi connectivity index (χ2n) is 5.35. The van der Waals surface area contributed by atoms with Gasteiger partial charge in [0.2, 0.25) is 5.91 Å². The van der Waals surface area contributed by atoms with Crippen LogP contribution in [0, 0.1) is 0 Å². The van der Waals surface area contributed by atoms with Crippen molar-refractivity contribution in [3.8, 4) is 0 Å². The molecule has 1 aliphatic rings. The monoisotopic (exact) mass is 320 g/mol. The number of hydrogen-bond acceptors (Lipinski definition) is 4. The van der Waals surface area contributed by atoms with E-state index in [4.69, 9.17) is 9.84 Å². The van der Waals surface area contributed by atoms with Crippen molar-refractivity contribution in [3.63, 3.8) is 0 Å². The number of piperidine rings is 1. The van der Waals surface area contributed by atoms with E-state index >= 15 is 0 Å². The average Bonchev–Trinajstić information content (AvgIpc) is 2.58. The number of amides is 2. The zero-order chi connectivity index (χ0) is 16.7. The molecule has 1 heterocycles. The molecule has 0 bridgehead atoms. The molecule has 0 aliphatic carbocycles. The quantitative estimate of drug-likeness (QED) is 0.854. The molecule has 0 spiro atoms. The minimum absolute atomic E-state index is 0.113. The van der Waals surface area contributed by atoms with Gasteiger partial charge in [-0.05, 0) is 24.8 Å². The van der Waals surface area contributed by atoms with Gasteiger partial charge in [-0.3, -0.25) is 4.79 Å². The smallest absolute Gasteiger partial charge is 0.407 e. The standard InChI is InChI=1S/C16H20N2O5/c19-14(18-9-5-4-8-13(18)15(20)21)10-17-16(22)23-11-12-6-2-1-3-7-12/h1-3,6-7,13H,4-5,8-11H2,(H,17,22)(H,20,21). The summed E-state index contributed by atoms with van der Waals surface area (Å²) in [7, 11) is 0. The molecule has 1 atom stereocenters. The molecule has 2 N–H and O–H groups in total. The third-order valence-electron chi connectivity index (χ3n) is 3.70. The van der Waals surface area contributed by atoms with Crippen molar-refractivity contribution in [2.45, 2.75) is 31.9 Å². The summed E-state index contributed by atoms with van der Waals surface area (Å²) in [6.07, 6.45) is 1.30. The molecule has 1 aromatic carbocycles. The molecule has 1 aliphatic heterocycles. The van der Waals surface area contributed by atoms with E-state index in [0.29, 0.717) is 13.0 Å². The topological polar surface area (TPSA) is 95.9 Å². The number of carboxylic acids is 1. The van der Waals surface area contributed by atoms with E-state index < -0.39 is 24.0 Å². The molecule has 1 aromatic rings. The maximum atomic E-state index is 12.1. The molecule has 2 amide bonds. The fourth-order valence-corrected chi connectivity index (χ4v) is 2.51. The highest BCUT2D eigenvalue weighted by molar-refractivity contribution is 5.86. The molecular weight excluding hydrogens is 300 g/mol. The second kappa shape index (κ2) is 8.17. The number of carbonyl (C=O) groups is 3. The van der Waals surface area contributed by atoms with Crippen molar-refractivity contribution < 1.29 is 24.2 Å². The van der Waals surface area contributed by atoms with Gasteiger partial charge in [0.15, 0.2) is 0 Å². The van der Waals surface area contributed by atoms with Crippen LogP contribution in [-0.2, 0) is 20.9 Å². The number of aliphatic carboxylic acids is 1. The average molecular weight is 320 g/mol. The van der Waals surface area contributed by atoms with Gasteiger partial charge in [-0.15, -0.1) is 0 Å². The van der Waals surface area contributed by atoms with Gasteiger partial charge in [-0.1, -0.05) is 30.3 Å². The van der Waals surface area contributed by atoms with Crippen LogP contribution in [0.25, 0.3) is 0 Å². The third kappa shape index (κ3) is 4.98. The molecular formula is C16H20N2O5. The number of benzene rings is 1. The van der Waals surface area contributed by atoms with E-state index in [2.05, 4.69) is 5.32 Å². The van der Waals surface area contributed by atoms with E-state index in [1.54, 1.807) is 0 Å². The van der Waals surface area contributed by atoms with Crippen LogP contribution < -0.4 is 5.32 Å². The lowest BCUT2D eigenvalue weighted by atomic mass is 10.0. The molecule has 7 heteroatoms. The van der Waals surface area contributed by atoms with Crippen molar-refractivity contribution in [2.75, 3.05) is 13.1 Å². The molecule has 2 rings (SSSR count). The van der Waals surface area contributed by atoms with E-state index in [1.807, 2.05) is 30.3 Å².